The normalized spacial score (nSPS) is 10.1. The SMILES string of the molecule is Cc1cc(C(=O)Nc2ccc(C(=O)O)c(O)c2)cc(=O)[nH]1. The molecule has 1 aromatic heterocycles. The summed E-state index contributed by atoms with van der Waals surface area (Å²) >= 11 is 0. The van der Waals surface area contributed by atoms with Gasteiger partial charge in [0.1, 0.15) is 11.3 Å². The lowest BCUT2D eigenvalue weighted by atomic mass is 10.1. The molecule has 21 heavy (non-hydrogen) atoms. The number of aromatic nitrogens is 1. The van der Waals surface area contributed by atoms with Gasteiger partial charge in [-0.15, -0.1) is 0 Å². The molecule has 0 aliphatic heterocycles. The van der Waals surface area contributed by atoms with E-state index in [9.17, 15) is 19.5 Å². The van der Waals surface area contributed by atoms with E-state index in [0.29, 0.717) is 5.69 Å². The van der Waals surface area contributed by atoms with Crippen LogP contribution >= 0.6 is 0 Å². The molecular formula is C14H12N2O5. The summed E-state index contributed by atoms with van der Waals surface area (Å²) in [6.07, 6.45) is 0. The predicted molar refractivity (Wildman–Crippen MR) is 74.8 cm³/mol. The average molecular weight is 288 g/mol. The highest BCUT2D eigenvalue weighted by Gasteiger charge is 2.12. The van der Waals surface area contributed by atoms with Crippen molar-refractivity contribution >= 4 is 17.6 Å². The Labute approximate surface area is 118 Å². The summed E-state index contributed by atoms with van der Waals surface area (Å²) < 4.78 is 0. The highest BCUT2D eigenvalue weighted by molar-refractivity contribution is 6.04. The Morgan fingerprint density at radius 1 is 1.19 bits per heavy atom. The number of carbonyl (C=O) groups excluding carboxylic acids is 1. The summed E-state index contributed by atoms with van der Waals surface area (Å²) in [4.78, 5) is 36.6. The second-order valence-electron chi connectivity index (χ2n) is 4.41. The summed E-state index contributed by atoms with van der Waals surface area (Å²) in [5.74, 6) is -2.26. The Kier molecular flexibility index (Phi) is 3.75. The average Bonchev–Trinajstić information content (AvgIpc) is 2.37. The Balaban J connectivity index is 2.25. The monoisotopic (exact) mass is 288 g/mol. The molecule has 0 aliphatic rings. The number of nitrogens with one attached hydrogen (secondary N) is 2. The Hall–Kier alpha value is -3.09. The van der Waals surface area contributed by atoms with Crippen molar-refractivity contribution in [3.63, 3.8) is 0 Å². The number of carboxylic acids is 1. The molecule has 7 nitrogen and oxygen atoms in total. The van der Waals surface area contributed by atoms with Gasteiger partial charge in [0.25, 0.3) is 5.91 Å². The quantitative estimate of drug-likeness (QED) is 0.679. The van der Waals surface area contributed by atoms with Gasteiger partial charge in [-0.1, -0.05) is 0 Å². The van der Waals surface area contributed by atoms with Crippen molar-refractivity contribution in [3.8, 4) is 5.75 Å². The van der Waals surface area contributed by atoms with Crippen LogP contribution in [0.15, 0.2) is 35.1 Å². The molecule has 0 unspecified atom stereocenters. The number of carboxylic acid groups (broad SMARTS) is 1. The minimum absolute atomic E-state index is 0.165. The van der Waals surface area contributed by atoms with Crippen LogP contribution in [-0.4, -0.2) is 27.1 Å². The van der Waals surface area contributed by atoms with Crippen LogP contribution < -0.4 is 10.9 Å². The van der Waals surface area contributed by atoms with Gasteiger partial charge in [0.05, 0.1) is 0 Å². The van der Waals surface area contributed by atoms with Gasteiger partial charge in [-0.05, 0) is 25.1 Å². The molecule has 2 rings (SSSR count). The highest BCUT2D eigenvalue weighted by Crippen LogP contribution is 2.22. The molecular weight excluding hydrogens is 276 g/mol. The van der Waals surface area contributed by atoms with Crippen molar-refractivity contribution in [2.45, 2.75) is 6.92 Å². The number of carbonyl (C=O) groups is 2. The van der Waals surface area contributed by atoms with Gasteiger partial charge in [-0.2, -0.15) is 0 Å². The van der Waals surface area contributed by atoms with Crippen LogP contribution in [0.25, 0.3) is 0 Å². The van der Waals surface area contributed by atoms with E-state index in [2.05, 4.69) is 10.3 Å². The number of hydrogen-bond acceptors (Lipinski definition) is 4. The fraction of sp³-hybridized carbons (Fsp3) is 0.0714. The summed E-state index contributed by atoms with van der Waals surface area (Å²) in [6, 6.07) is 6.30. The maximum atomic E-state index is 12.0. The van der Waals surface area contributed by atoms with Crippen LogP contribution in [0.1, 0.15) is 26.4 Å². The number of aromatic amines is 1. The lowest BCUT2D eigenvalue weighted by molar-refractivity contribution is 0.0693. The first-order valence-corrected chi connectivity index (χ1v) is 5.95. The maximum absolute atomic E-state index is 12.0. The van der Waals surface area contributed by atoms with E-state index in [1.807, 2.05) is 0 Å². The molecule has 1 amide bonds. The number of hydrogen-bond donors (Lipinski definition) is 4. The van der Waals surface area contributed by atoms with Crippen LogP contribution in [0.4, 0.5) is 5.69 Å². The number of amides is 1. The van der Waals surface area contributed by atoms with Crippen LogP contribution in [0.2, 0.25) is 0 Å². The minimum Gasteiger partial charge on any atom is -0.507 e. The molecule has 0 saturated carbocycles. The molecule has 0 saturated heterocycles. The van der Waals surface area contributed by atoms with E-state index in [-0.39, 0.29) is 16.8 Å². The first-order valence-electron chi connectivity index (χ1n) is 5.95. The molecule has 7 heteroatoms. The Morgan fingerprint density at radius 2 is 1.90 bits per heavy atom. The Bertz CT molecular complexity index is 779. The molecule has 0 spiro atoms. The van der Waals surface area contributed by atoms with E-state index < -0.39 is 23.2 Å². The van der Waals surface area contributed by atoms with Gasteiger partial charge >= 0.3 is 5.97 Å². The third-order valence-electron chi connectivity index (χ3n) is 2.73. The number of benzene rings is 1. The molecule has 0 aliphatic carbocycles. The van der Waals surface area contributed by atoms with Crippen LogP contribution in [0.3, 0.4) is 0 Å². The summed E-state index contributed by atoms with van der Waals surface area (Å²) in [7, 11) is 0. The van der Waals surface area contributed by atoms with Crippen molar-refractivity contribution < 1.29 is 19.8 Å². The summed E-state index contributed by atoms with van der Waals surface area (Å²) in [5.41, 5.74) is 0.263. The summed E-state index contributed by atoms with van der Waals surface area (Å²) in [6.45, 7) is 1.64. The lowest BCUT2D eigenvalue weighted by Gasteiger charge is -2.07. The van der Waals surface area contributed by atoms with Gasteiger partial charge in [0.15, 0.2) is 0 Å². The highest BCUT2D eigenvalue weighted by atomic mass is 16.4. The first kappa shape index (κ1) is 14.3. The number of anilines is 1. The van der Waals surface area contributed by atoms with Crippen molar-refractivity contribution in [2.24, 2.45) is 0 Å². The number of aromatic hydroxyl groups is 1. The molecule has 0 radical (unpaired) electrons. The van der Waals surface area contributed by atoms with Gasteiger partial charge in [0.2, 0.25) is 5.56 Å². The number of pyridine rings is 1. The fourth-order valence-electron chi connectivity index (χ4n) is 1.81. The number of aromatic carboxylic acids is 1. The van der Waals surface area contributed by atoms with Gasteiger partial charge in [-0.25, -0.2) is 4.79 Å². The summed E-state index contributed by atoms with van der Waals surface area (Å²) in [5, 5.41) is 20.8. The minimum atomic E-state index is -1.27. The van der Waals surface area contributed by atoms with E-state index in [4.69, 9.17) is 5.11 Å². The second-order valence-corrected chi connectivity index (χ2v) is 4.41. The van der Waals surface area contributed by atoms with Gasteiger partial charge < -0.3 is 20.5 Å². The maximum Gasteiger partial charge on any atom is 0.339 e. The lowest BCUT2D eigenvalue weighted by Crippen LogP contribution is -2.16. The fourth-order valence-corrected chi connectivity index (χ4v) is 1.81. The largest absolute Gasteiger partial charge is 0.507 e. The Morgan fingerprint density at radius 3 is 2.48 bits per heavy atom. The third kappa shape index (κ3) is 3.27. The van der Waals surface area contributed by atoms with Crippen LogP contribution in [0.5, 0.6) is 5.75 Å². The number of aryl methyl sites for hydroxylation is 1. The van der Waals surface area contributed by atoms with Crippen molar-refractivity contribution in [1.29, 1.82) is 0 Å². The van der Waals surface area contributed by atoms with Crippen molar-refractivity contribution in [3.05, 3.63) is 57.5 Å². The zero-order chi connectivity index (χ0) is 15.6. The van der Waals surface area contributed by atoms with E-state index in [1.165, 1.54) is 18.2 Å². The molecule has 4 N–H and O–H groups in total. The smallest absolute Gasteiger partial charge is 0.339 e. The number of rotatable bonds is 3. The standard InChI is InChI=1S/C14H12N2O5/c1-7-4-8(5-12(18)15-7)13(19)16-9-2-3-10(14(20)21)11(17)6-9/h2-6,17H,1H3,(H,15,18)(H,16,19)(H,20,21). The number of phenols is 1. The molecule has 2 aromatic rings. The molecule has 1 aromatic carbocycles. The first-order chi connectivity index (χ1) is 9.86. The van der Waals surface area contributed by atoms with Crippen molar-refractivity contribution in [2.75, 3.05) is 5.32 Å². The van der Waals surface area contributed by atoms with E-state index in [1.54, 1.807) is 6.92 Å². The third-order valence-corrected chi connectivity index (χ3v) is 2.73. The topological polar surface area (TPSA) is 119 Å². The van der Waals surface area contributed by atoms with Crippen molar-refractivity contribution in [1.82, 2.24) is 4.98 Å². The van der Waals surface area contributed by atoms with Crippen LogP contribution in [-0.2, 0) is 0 Å². The molecule has 0 bridgehead atoms. The molecule has 108 valence electrons. The van der Waals surface area contributed by atoms with Gasteiger partial charge in [-0.3, -0.25) is 9.59 Å². The molecule has 1 heterocycles. The van der Waals surface area contributed by atoms with E-state index >= 15 is 0 Å². The van der Waals surface area contributed by atoms with Crippen LogP contribution in [0, 0.1) is 6.92 Å². The molecule has 0 atom stereocenters. The van der Waals surface area contributed by atoms with Gasteiger partial charge in [0, 0.05) is 29.1 Å². The zero-order valence-electron chi connectivity index (χ0n) is 11.0. The van der Waals surface area contributed by atoms with E-state index in [0.717, 1.165) is 12.1 Å². The predicted octanol–water partition coefficient (Wildman–Crippen LogP) is 1.34. The number of H-pyrrole nitrogens is 1. The zero-order valence-corrected chi connectivity index (χ0v) is 11.0. The molecule has 0 fully saturated rings. The second kappa shape index (κ2) is 5.49.